The first-order valence-electron chi connectivity index (χ1n) is 8.89. The Morgan fingerprint density at radius 3 is 2.55 bits per heavy atom. The van der Waals surface area contributed by atoms with Crippen molar-refractivity contribution in [2.75, 3.05) is 0 Å². The molecule has 0 atom stereocenters. The number of halogens is 1. The summed E-state index contributed by atoms with van der Waals surface area (Å²) in [6.45, 7) is 0. The third kappa shape index (κ3) is 4.10. The lowest BCUT2D eigenvalue weighted by molar-refractivity contribution is 0.0956. The lowest BCUT2D eigenvalue weighted by Gasteiger charge is -2.10. The number of carbonyl (C=O) groups excluding carboxylic acids is 1. The fraction of sp³-hybridized carbons (Fsp3) is 0. The van der Waals surface area contributed by atoms with Crippen molar-refractivity contribution in [3.05, 3.63) is 95.0 Å². The van der Waals surface area contributed by atoms with E-state index in [1.165, 1.54) is 6.07 Å². The molecule has 29 heavy (non-hydrogen) atoms. The molecule has 1 heterocycles. The molecule has 0 saturated carbocycles. The Balaban J connectivity index is 1.72. The summed E-state index contributed by atoms with van der Waals surface area (Å²) in [5, 5.41) is 15.4. The van der Waals surface area contributed by atoms with Crippen LogP contribution in [0.15, 0.2) is 84.0 Å². The van der Waals surface area contributed by atoms with Gasteiger partial charge in [-0.2, -0.15) is 5.10 Å². The first-order valence-corrected chi connectivity index (χ1v) is 9.27. The van der Waals surface area contributed by atoms with Gasteiger partial charge < -0.3 is 5.11 Å². The summed E-state index contributed by atoms with van der Waals surface area (Å²) >= 11 is 5.93. The largest absolute Gasteiger partial charge is 0.507 e. The van der Waals surface area contributed by atoms with Gasteiger partial charge in [0.15, 0.2) is 0 Å². The minimum absolute atomic E-state index is 0.00580. The number of aromatic hydroxyl groups is 1. The zero-order valence-corrected chi connectivity index (χ0v) is 16.0. The van der Waals surface area contributed by atoms with Crippen LogP contribution in [0.5, 0.6) is 5.75 Å². The molecule has 4 aromatic rings. The molecule has 5 nitrogen and oxygen atoms in total. The third-order valence-corrected chi connectivity index (χ3v) is 4.61. The molecule has 1 aromatic heterocycles. The van der Waals surface area contributed by atoms with E-state index in [9.17, 15) is 9.90 Å². The molecule has 0 bridgehead atoms. The molecule has 0 aliphatic rings. The molecule has 0 unspecified atom stereocenters. The number of amides is 1. The summed E-state index contributed by atoms with van der Waals surface area (Å²) in [6.07, 6.45) is 1.58. The van der Waals surface area contributed by atoms with Crippen molar-refractivity contribution >= 4 is 34.6 Å². The molecule has 0 fully saturated rings. The van der Waals surface area contributed by atoms with Crippen LogP contribution >= 0.6 is 11.6 Å². The van der Waals surface area contributed by atoms with Crippen molar-refractivity contribution in [3.8, 4) is 17.0 Å². The van der Waals surface area contributed by atoms with Crippen LogP contribution in [0.1, 0.15) is 15.9 Å². The Morgan fingerprint density at radius 1 is 1.00 bits per heavy atom. The molecule has 1 amide bonds. The minimum atomic E-state index is -0.370. The number of rotatable bonds is 4. The molecule has 142 valence electrons. The number of pyridine rings is 1. The standard InChI is InChI=1S/C23H16ClN3O2/c24-16-10-11-18(22(28)12-16)21-13-19(17-8-4-5-9-20(17)26-21)23(29)27-25-14-15-6-2-1-3-7-15/h1-14,28H,(H,27,29)/b25-14-. The van der Waals surface area contributed by atoms with E-state index >= 15 is 0 Å². The van der Waals surface area contributed by atoms with E-state index in [1.54, 1.807) is 24.4 Å². The summed E-state index contributed by atoms with van der Waals surface area (Å²) < 4.78 is 0. The molecular weight excluding hydrogens is 386 g/mol. The molecule has 2 N–H and O–H groups in total. The Kier molecular flexibility index (Phi) is 5.22. The quantitative estimate of drug-likeness (QED) is 0.372. The highest BCUT2D eigenvalue weighted by atomic mass is 35.5. The second-order valence-electron chi connectivity index (χ2n) is 6.34. The number of para-hydroxylation sites is 1. The Bertz CT molecular complexity index is 1220. The number of hydrogen-bond donors (Lipinski definition) is 2. The topological polar surface area (TPSA) is 74.6 Å². The maximum atomic E-state index is 12.8. The van der Waals surface area contributed by atoms with Gasteiger partial charge in [-0.1, -0.05) is 60.1 Å². The van der Waals surface area contributed by atoms with Crippen molar-refractivity contribution in [2.45, 2.75) is 0 Å². The maximum absolute atomic E-state index is 12.8. The number of nitrogens with one attached hydrogen (secondary N) is 1. The highest BCUT2D eigenvalue weighted by Gasteiger charge is 2.15. The average Bonchev–Trinajstić information content (AvgIpc) is 2.73. The van der Waals surface area contributed by atoms with Gasteiger partial charge in [-0.05, 0) is 35.9 Å². The lowest BCUT2D eigenvalue weighted by atomic mass is 10.0. The summed E-state index contributed by atoms with van der Waals surface area (Å²) in [6, 6.07) is 23.2. The molecule has 0 aliphatic carbocycles. The van der Waals surface area contributed by atoms with Crippen LogP contribution in [0, 0.1) is 0 Å². The van der Waals surface area contributed by atoms with Crippen molar-refractivity contribution in [1.29, 1.82) is 0 Å². The number of benzene rings is 3. The number of carbonyl (C=O) groups is 1. The normalized spacial score (nSPS) is 11.1. The van der Waals surface area contributed by atoms with Crippen LogP contribution < -0.4 is 5.43 Å². The smallest absolute Gasteiger partial charge is 0.272 e. The molecule has 0 spiro atoms. The van der Waals surface area contributed by atoms with E-state index in [0.29, 0.717) is 32.7 Å². The van der Waals surface area contributed by atoms with E-state index in [-0.39, 0.29) is 11.7 Å². The average molecular weight is 402 g/mol. The van der Waals surface area contributed by atoms with E-state index in [2.05, 4.69) is 15.5 Å². The molecular formula is C23H16ClN3O2. The summed E-state index contributed by atoms with van der Waals surface area (Å²) in [5.41, 5.74) is 5.43. The van der Waals surface area contributed by atoms with Crippen LogP contribution in [0.25, 0.3) is 22.2 Å². The van der Waals surface area contributed by atoms with Gasteiger partial charge in [-0.25, -0.2) is 10.4 Å². The van der Waals surface area contributed by atoms with E-state index in [4.69, 9.17) is 11.6 Å². The number of phenols is 1. The molecule has 0 saturated heterocycles. The highest BCUT2D eigenvalue weighted by molar-refractivity contribution is 6.30. The van der Waals surface area contributed by atoms with Gasteiger partial charge in [-0.3, -0.25) is 4.79 Å². The van der Waals surface area contributed by atoms with Gasteiger partial charge in [0.1, 0.15) is 5.75 Å². The monoisotopic (exact) mass is 401 g/mol. The predicted molar refractivity (Wildman–Crippen MR) is 115 cm³/mol. The molecule has 4 rings (SSSR count). The molecule has 0 aliphatic heterocycles. The number of phenolic OH excluding ortho intramolecular Hbond substituents is 1. The van der Waals surface area contributed by atoms with Crippen molar-refractivity contribution in [3.63, 3.8) is 0 Å². The third-order valence-electron chi connectivity index (χ3n) is 4.38. The van der Waals surface area contributed by atoms with E-state index < -0.39 is 0 Å². The first kappa shape index (κ1) is 18.7. The Morgan fingerprint density at radius 2 is 1.76 bits per heavy atom. The number of fused-ring (bicyclic) bond motifs is 1. The van der Waals surface area contributed by atoms with Gasteiger partial charge in [0.05, 0.1) is 23.0 Å². The fourth-order valence-corrected chi connectivity index (χ4v) is 3.15. The zero-order chi connectivity index (χ0) is 20.2. The SMILES string of the molecule is O=C(N/N=C\c1ccccc1)c1cc(-c2ccc(Cl)cc2O)nc2ccccc12. The first-order chi connectivity index (χ1) is 14.1. The van der Waals surface area contributed by atoms with Crippen molar-refractivity contribution in [2.24, 2.45) is 5.10 Å². The van der Waals surface area contributed by atoms with Crippen molar-refractivity contribution < 1.29 is 9.90 Å². The minimum Gasteiger partial charge on any atom is -0.507 e. The second kappa shape index (κ2) is 8.12. The van der Waals surface area contributed by atoms with Gasteiger partial charge >= 0.3 is 0 Å². The highest BCUT2D eigenvalue weighted by Crippen LogP contribution is 2.32. The van der Waals surface area contributed by atoms with Crippen LogP contribution in [0.3, 0.4) is 0 Å². The Hall–Kier alpha value is -3.70. The number of hydrazone groups is 1. The summed E-state index contributed by atoms with van der Waals surface area (Å²) in [7, 11) is 0. The van der Waals surface area contributed by atoms with E-state index in [1.807, 2.05) is 54.6 Å². The van der Waals surface area contributed by atoms with Gasteiger partial charge in [0, 0.05) is 16.0 Å². The zero-order valence-electron chi connectivity index (χ0n) is 15.2. The maximum Gasteiger partial charge on any atom is 0.272 e. The number of aromatic nitrogens is 1. The van der Waals surface area contributed by atoms with Crippen molar-refractivity contribution in [1.82, 2.24) is 10.4 Å². The number of nitrogens with zero attached hydrogens (tertiary/aromatic N) is 2. The van der Waals surface area contributed by atoms with Gasteiger partial charge in [0.2, 0.25) is 0 Å². The van der Waals surface area contributed by atoms with Gasteiger partial charge in [-0.15, -0.1) is 0 Å². The summed E-state index contributed by atoms with van der Waals surface area (Å²) in [4.78, 5) is 17.4. The summed E-state index contributed by atoms with van der Waals surface area (Å²) in [5.74, 6) is -0.376. The fourth-order valence-electron chi connectivity index (χ4n) is 2.99. The van der Waals surface area contributed by atoms with Crippen LogP contribution in [-0.4, -0.2) is 22.2 Å². The van der Waals surface area contributed by atoms with Crippen LogP contribution in [-0.2, 0) is 0 Å². The Labute approximate surface area is 172 Å². The molecule has 0 radical (unpaired) electrons. The molecule has 3 aromatic carbocycles. The van der Waals surface area contributed by atoms with Crippen LogP contribution in [0.4, 0.5) is 0 Å². The van der Waals surface area contributed by atoms with Crippen LogP contribution in [0.2, 0.25) is 5.02 Å². The second-order valence-corrected chi connectivity index (χ2v) is 6.78. The van der Waals surface area contributed by atoms with Gasteiger partial charge in [0.25, 0.3) is 5.91 Å². The lowest BCUT2D eigenvalue weighted by Crippen LogP contribution is -2.18. The van der Waals surface area contributed by atoms with E-state index in [0.717, 1.165) is 5.56 Å². The number of hydrogen-bond acceptors (Lipinski definition) is 4. The predicted octanol–water partition coefficient (Wildman–Crippen LogP) is 5.02. The molecule has 6 heteroatoms.